The first-order valence-corrected chi connectivity index (χ1v) is 13.7. The van der Waals surface area contributed by atoms with Crippen LogP contribution in [0.1, 0.15) is 0 Å². The second-order valence-corrected chi connectivity index (χ2v) is 10.8. The first kappa shape index (κ1) is 22.4. The highest BCUT2D eigenvalue weighted by molar-refractivity contribution is 7.87. The molecule has 0 fully saturated rings. The zero-order valence-electron chi connectivity index (χ0n) is 20.2. The molecule has 6 aromatic carbocycles. The molecule has 0 aliphatic heterocycles. The Morgan fingerprint density at radius 1 is 0.658 bits per heavy atom. The van der Waals surface area contributed by atoms with E-state index >= 15 is 0 Å². The molecular weight excluding hydrogens is 492 g/mol. The van der Waals surface area contributed by atoms with Gasteiger partial charge in [0.1, 0.15) is 4.90 Å². The summed E-state index contributed by atoms with van der Waals surface area (Å²) < 4.78 is 33.9. The van der Waals surface area contributed by atoms with Crippen molar-refractivity contribution in [1.82, 2.24) is 0 Å². The maximum Gasteiger partial charge on any atom is 0.339 e. The number of nitrogens with two attached hydrogens (primary N) is 1. The molecule has 1 aliphatic carbocycles. The summed E-state index contributed by atoms with van der Waals surface area (Å²) in [7, 11) is -4.25. The Bertz CT molecular complexity index is 2000. The second-order valence-electron chi connectivity index (χ2n) is 9.30. The Labute approximate surface area is 220 Å². The summed E-state index contributed by atoms with van der Waals surface area (Å²) >= 11 is 0. The smallest absolute Gasteiger partial charge is 0.339 e. The summed E-state index contributed by atoms with van der Waals surface area (Å²) in [4.78, 5) is 0.0828. The van der Waals surface area contributed by atoms with E-state index in [1.807, 2.05) is 97.1 Å². The highest BCUT2D eigenvalue weighted by Gasteiger charge is 2.29. The number of fused-ring (bicyclic) bond motifs is 4. The zero-order chi connectivity index (χ0) is 25.9. The molecule has 6 heteroatoms. The van der Waals surface area contributed by atoms with Crippen molar-refractivity contribution in [3.63, 3.8) is 0 Å². The fourth-order valence-corrected chi connectivity index (χ4v) is 6.61. The number of hydrogen-bond donors (Lipinski definition) is 2. The van der Waals surface area contributed by atoms with E-state index < -0.39 is 10.1 Å². The van der Waals surface area contributed by atoms with Gasteiger partial charge in [-0.2, -0.15) is 8.42 Å². The van der Waals surface area contributed by atoms with Gasteiger partial charge in [0, 0.05) is 44.9 Å². The van der Waals surface area contributed by atoms with Crippen molar-refractivity contribution < 1.29 is 12.6 Å². The molecule has 38 heavy (non-hydrogen) atoms. The van der Waals surface area contributed by atoms with Gasteiger partial charge in [-0.05, 0) is 46.3 Å². The second kappa shape index (κ2) is 8.36. The maximum absolute atomic E-state index is 14.0. The summed E-state index contributed by atoms with van der Waals surface area (Å²) in [5.41, 5.74) is 12.1. The Hall–Kier alpha value is -4.81. The minimum Gasteiger partial charge on any atom is -0.398 e. The van der Waals surface area contributed by atoms with Gasteiger partial charge in [-0.25, -0.2) is 0 Å². The van der Waals surface area contributed by atoms with Crippen LogP contribution in [0.5, 0.6) is 5.75 Å². The Morgan fingerprint density at radius 2 is 1.34 bits per heavy atom. The third kappa shape index (κ3) is 3.42. The molecule has 6 aromatic rings. The standard InChI is InChI=1S/C32H22N2O3S/c33-26-19-28(32-24-14-5-4-13-22(24)23-15-8-16-25(26)31(23)32)37-38(35,36)29-18-7-10-20-9-6-17-27(30(20)29)34-21-11-2-1-3-12-21/h1-19,34H,33H2. The topological polar surface area (TPSA) is 81.4 Å². The van der Waals surface area contributed by atoms with Gasteiger partial charge in [-0.1, -0.05) is 84.9 Å². The normalized spacial score (nSPS) is 12.0. The molecule has 0 unspecified atom stereocenters. The van der Waals surface area contributed by atoms with Crippen molar-refractivity contribution in [2.24, 2.45) is 0 Å². The van der Waals surface area contributed by atoms with Gasteiger partial charge >= 0.3 is 10.1 Å². The van der Waals surface area contributed by atoms with Crippen molar-refractivity contribution in [2.45, 2.75) is 4.90 Å². The van der Waals surface area contributed by atoms with Crippen LogP contribution in [0.25, 0.3) is 43.8 Å². The third-order valence-electron chi connectivity index (χ3n) is 7.03. The highest BCUT2D eigenvalue weighted by Crippen LogP contribution is 2.53. The quantitative estimate of drug-likeness (QED) is 0.181. The van der Waals surface area contributed by atoms with Gasteiger partial charge in [0.15, 0.2) is 5.75 Å². The fourth-order valence-electron chi connectivity index (χ4n) is 5.43. The Balaban J connectivity index is 1.41. The summed E-state index contributed by atoms with van der Waals surface area (Å²) in [5, 5.41) is 6.48. The number of benzene rings is 6. The molecule has 0 aromatic heterocycles. The average Bonchev–Trinajstić information content (AvgIpc) is 3.27. The lowest BCUT2D eigenvalue weighted by Crippen LogP contribution is -2.12. The summed E-state index contributed by atoms with van der Waals surface area (Å²) in [6.07, 6.45) is 0. The number of hydrogen-bond acceptors (Lipinski definition) is 5. The van der Waals surface area contributed by atoms with Crippen LogP contribution in [0.15, 0.2) is 120 Å². The molecule has 0 saturated heterocycles. The van der Waals surface area contributed by atoms with Gasteiger partial charge in [-0.15, -0.1) is 0 Å². The number of rotatable bonds is 5. The number of nitrogens with one attached hydrogen (secondary N) is 1. The molecule has 1 aliphatic rings. The van der Waals surface area contributed by atoms with E-state index in [2.05, 4.69) is 5.32 Å². The third-order valence-corrected chi connectivity index (χ3v) is 8.31. The lowest BCUT2D eigenvalue weighted by Gasteiger charge is -2.16. The number of para-hydroxylation sites is 1. The fraction of sp³-hybridized carbons (Fsp3) is 0. The van der Waals surface area contributed by atoms with Crippen LogP contribution in [0.4, 0.5) is 17.1 Å². The zero-order valence-corrected chi connectivity index (χ0v) is 21.0. The van der Waals surface area contributed by atoms with Crippen molar-refractivity contribution in [2.75, 3.05) is 11.1 Å². The van der Waals surface area contributed by atoms with Crippen LogP contribution in [0, 0.1) is 0 Å². The molecule has 184 valence electrons. The maximum atomic E-state index is 14.0. The van der Waals surface area contributed by atoms with Gasteiger partial charge in [0.05, 0.1) is 0 Å². The Morgan fingerprint density at radius 3 is 2.16 bits per heavy atom. The predicted octanol–water partition coefficient (Wildman–Crippen LogP) is 7.73. The summed E-state index contributed by atoms with van der Waals surface area (Å²) in [5.74, 6) is 0.220. The number of anilines is 3. The molecule has 0 radical (unpaired) electrons. The molecule has 5 nitrogen and oxygen atoms in total. The van der Waals surface area contributed by atoms with Crippen LogP contribution in [-0.2, 0) is 10.1 Å². The van der Waals surface area contributed by atoms with Crippen LogP contribution in [0.2, 0.25) is 0 Å². The van der Waals surface area contributed by atoms with Crippen LogP contribution in [-0.4, -0.2) is 8.42 Å². The minimum atomic E-state index is -4.25. The predicted molar refractivity (Wildman–Crippen MR) is 154 cm³/mol. The molecule has 7 rings (SSSR count). The summed E-state index contributed by atoms with van der Waals surface area (Å²) in [6.45, 7) is 0. The van der Waals surface area contributed by atoms with Gasteiger partial charge in [-0.3, -0.25) is 0 Å². The van der Waals surface area contributed by atoms with Gasteiger partial charge in [0.25, 0.3) is 0 Å². The number of nitrogen functional groups attached to an aromatic ring is 1. The molecule has 0 saturated carbocycles. The average molecular weight is 515 g/mol. The first-order valence-electron chi connectivity index (χ1n) is 12.2. The van der Waals surface area contributed by atoms with Crippen LogP contribution >= 0.6 is 0 Å². The highest BCUT2D eigenvalue weighted by atomic mass is 32.2. The molecule has 0 bridgehead atoms. The monoisotopic (exact) mass is 514 g/mol. The lowest BCUT2D eigenvalue weighted by molar-refractivity contribution is 0.488. The van der Waals surface area contributed by atoms with Crippen molar-refractivity contribution in [3.8, 4) is 28.0 Å². The van der Waals surface area contributed by atoms with E-state index in [0.29, 0.717) is 16.8 Å². The summed E-state index contributed by atoms with van der Waals surface area (Å²) in [6, 6.07) is 36.0. The minimum absolute atomic E-state index is 0.0828. The molecule has 3 N–H and O–H groups in total. The van der Waals surface area contributed by atoms with E-state index in [0.717, 1.165) is 44.1 Å². The van der Waals surface area contributed by atoms with Gasteiger partial charge in [0.2, 0.25) is 0 Å². The SMILES string of the molecule is Nc1cc(OS(=O)(=O)c2cccc3cccc(Nc4ccccc4)c23)c2c3c(cccc13)-c1ccccc1-2. The van der Waals surface area contributed by atoms with Gasteiger partial charge < -0.3 is 15.2 Å². The van der Waals surface area contributed by atoms with E-state index in [4.69, 9.17) is 9.92 Å². The van der Waals surface area contributed by atoms with Crippen molar-refractivity contribution >= 4 is 48.7 Å². The van der Waals surface area contributed by atoms with E-state index in [1.54, 1.807) is 18.2 Å². The first-order chi connectivity index (χ1) is 18.5. The molecule has 0 spiro atoms. The van der Waals surface area contributed by atoms with E-state index in [-0.39, 0.29) is 10.6 Å². The molecule has 0 heterocycles. The van der Waals surface area contributed by atoms with Crippen LogP contribution in [0.3, 0.4) is 0 Å². The van der Waals surface area contributed by atoms with E-state index in [1.165, 1.54) is 0 Å². The molecule has 0 atom stereocenters. The van der Waals surface area contributed by atoms with Crippen molar-refractivity contribution in [1.29, 1.82) is 0 Å². The Kier molecular flexibility index (Phi) is 4.93. The van der Waals surface area contributed by atoms with Crippen LogP contribution < -0.4 is 15.2 Å². The molecule has 0 amide bonds. The molecular formula is C32H22N2O3S. The van der Waals surface area contributed by atoms with Crippen molar-refractivity contribution in [3.05, 3.63) is 115 Å². The largest absolute Gasteiger partial charge is 0.398 e. The lowest BCUT2D eigenvalue weighted by atomic mass is 10.0. The van der Waals surface area contributed by atoms with E-state index in [9.17, 15) is 8.42 Å².